The first-order valence-corrected chi connectivity index (χ1v) is 8.34. The molecule has 0 aliphatic carbocycles. The minimum absolute atomic E-state index is 0.00807. The molecular formula is C17H21N5O2. The van der Waals surface area contributed by atoms with Crippen LogP contribution in [0.1, 0.15) is 24.8 Å². The Balaban J connectivity index is 1.43. The molecule has 2 aliphatic rings. The molecule has 2 saturated heterocycles. The normalized spacial score (nSPS) is 26.7. The molecule has 126 valence electrons. The summed E-state index contributed by atoms with van der Waals surface area (Å²) in [6, 6.07) is 2.19. The topological polar surface area (TPSA) is 73.3 Å². The smallest absolute Gasteiger partial charge is 0.316 e. The van der Waals surface area contributed by atoms with Gasteiger partial charge in [-0.25, -0.2) is 19.9 Å². The lowest BCUT2D eigenvalue weighted by atomic mass is 9.89. The van der Waals surface area contributed by atoms with E-state index in [0.717, 1.165) is 43.9 Å². The minimum atomic E-state index is -0.189. The Bertz CT molecular complexity index is 681. The Morgan fingerprint density at radius 1 is 1.21 bits per heavy atom. The molecule has 4 rings (SSSR count). The van der Waals surface area contributed by atoms with Crippen LogP contribution < -0.4 is 9.64 Å². The van der Waals surface area contributed by atoms with Crippen LogP contribution >= 0.6 is 0 Å². The molecule has 1 spiro atoms. The van der Waals surface area contributed by atoms with Crippen LogP contribution in [0.3, 0.4) is 0 Å². The summed E-state index contributed by atoms with van der Waals surface area (Å²) >= 11 is 0. The predicted octanol–water partition coefficient (Wildman–Crippen LogP) is 1.78. The third kappa shape index (κ3) is 3.17. The molecular weight excluding hydrogens is 306 g/mol. The monoisotopic (exact) mass is 327 g/mol. The number of hydrogen-bond donors (Lipinski definition) is 0. The van der Waals surface area contributed by atoms with Crippen LogP contribution in [0.2, 0.25) is 0 Å². The zero-order valence-corrected chi connectivity index (χ0v) is 13.8. The van der Waals surface area contributed by atoms with Crippen LogP contribution in [0.5, 0.6) is 6.01 Å². The van der Waals surface area contributed by atoms with Crippen molar-refractivity contribution in [1.29, 1.82) is 0 Å². The fourth-order valence-corrected chi connectivity index (χ4v) is 3.48. The molecule has 2 fully saturated rings. The number of rotatable bonds is 3. The lowest BCUT2D eigenvalue weighted by Crippen LogP contribution is -2.48. The van der Waals surface area contributed by atoms with Gasteiger partial charge in [-0.3, -0.25) is 0 Å². The average Bonchev–Trinajstić information content (AvgIpc) is 2.98. The van der Waals surface area contributed by atoms with Crippen LogP contribution in [0.25, 0.3) is 0 Å². The summed E-state index contributed by atoms with van der Waals surface area (Å²) in [5.41, 5.74) is 0.880. The van der Waals surface area contributed by atoms with E-state index in [-0.39, 0.29) is 11.7 Å². The van der Waals surface area contributed by atoms with E-state index >= 15 is 0 Å². The maximum absolute atomic E-state index is 6.16. The molecule has 4 heterocycles. The molecule has 2 aliphatic heterocycles. The van der Waals surface area contributed by atoms with Gasteiger partial charge in [0.1, 0.15) is 6.10 Å². The second-order valence-electron chi connectivity index (χ2n) is 6.55. The standard InChI is InChI=1S/C17H21N5O2/c1-13-9-20-15(21-10-13)22-7-2-4-17(12-22)8-14(11-23-17)24-16-18-5-3-6-19-16/h3,5-6,9-10,14H,2,4,7-8,11-12H2,1H3/t14-,17-/m1/s1. The van der Waals surface area contributed by atoms with E-state index in [9.17, 15) is 0 Å². The van der Waals surface area contributed by atoms with Crippen molar-refractivity contribution in [2.24, 2.45) is 0 Å². The van der Waals surface area contributed by atoms with Gasteiger partial charge in [0, 0.05) is 44.3 Å². The van der Waals surface area contributed by atoms with Gasteiger partial charge in [0.05, 0.1) is 12.2 Å². The van der Waals surface area contributed by atoms with Crippen LogP contribution in [0.4, 0.5) is 5.95 Å². The molecule has 24 heavy (non-hydrogen) atoms. The highest BCUT2D eigenvalue weighted by Gasteiger charge is 2.45. The molecule has 0 unspecified atom stereocenters. The van der Waals surface area contributed by atoms with Crippen LogP contribution in [-0.4, -0.2) is 51.3 Å². The summed E-state index contributed by atoms with van der Waals surface area (Å²) in [5.74, 6) is 0.777. The SMILES string of the molecule is Cc1cnc(N2CCC[C@@]3(C[C@@H](Oc4ncccn4)CO3)C2)nc1. The minimum Gasteiger partial charge on any atom is -0.458 e. The van der Waals surface area contributed by atoms with Gasteiger partial charge in [-0.15, -0.1) is 0 Å². The van der Waals surface area contributed by atoms with E-state index in [1.807, 2.05) is 19.3 Å². The van der Waals surface area contributed by atoms with E-state index in [2.05, 4.69) is 24.8 Å². The van der Waals surface area contributed by atoms with Crippen molar-refractivity contribution in [3.8, 4) is 6.01 Å². The molecule has 0 bridgehead atoms. The fourth-order valence-electron chi connectivity index (χ4n) is 3.48. The van der Waals surface area contributed by atoms with E-state index < -0.39 is 0 Å². The number of nitrogens with zero attached hydrogens (tertiary/aromatic N) is 5. The Morgan fingerprint density at radius 3 is 2.79 bits per heavy atom. The van der Waals surface area contributed by atoms with Crippen LogP contribution in [0, 0.1) is 6.92 Å². The van der Waals surface area contributed by atoms with Gasteiger partial charge in [0.15, 0.2) is 0 Å². The zero-order valence-electron chi connectivity index (χ0n) is 13.8. The highest BCUT2D eigenvalue weighted by atomic mass is 16.6. The molecule has 2 atom stereocenters. The van der Waals surface area contributed by atoms with Crippen molar-refractivity contribution in [3.05, 3.63) is 36.4 Å². The summed E-state index contributed by atoms with van der Waals surface area (Å²) in [6.07, 6.45) is 10.0. The summed E-state index contributed by atoms with van der Waals surface area (Å²) < 4.78 is 12.0. The fraction of sp³-hybridized carbons (Fsp3) is 0.529. The largest absolute Gasteiger partial charge is 0.458 e. The van der Waals surface area contributed by atoms with Gasteiger partial charge >= 0.3 is 6.01 Å². The molecule has 0 saturated carbocycles. The van der Waals surface area contributed by atoms with Crippen LogP contribution in [-0.2, 0) is 4.74 Å². The highest BCUT2D eigenvalue weighted by molar-refractivity contribution is 5.32. The predicted molar refractivity (Wildman–Crippen MR) is 88.0 cm³/mol. The number of aryl methyl sites for hydroxylation is 1. The summed E-state index contributed by atoms with van der Waals surface area (Å²) in [5, 5.41) is 0. The molecule has 0 radical (unpaired) electrons. The first kappa shape index (κ1) is 15.3. The summed E-state index contributed by atoms with van der Waals surface area (Å²) in [4.78, 5) is 19.4. The van der Waals surface area contributed by atoms with Crippen molar-refractivity contribution in [1.82, 2.24) is 19.9 Å². The third-order valence-corrected chi connectivity index (χ3v) is 4.58. The molecule has 7 heteroatoms. The number of piperidine rings is 1. The number of hydrogen-bond acceptors (Lipinski definition) is 7. The van der Waals surface area contributed by atoms with Crippen molar-refractivity contribution in [3.63, 3.8) is 0 Å². The molecule has 0 aromatic carbocycles. The maximum atomic E-state index is 6.16. The number of aromatic nitrogens is 4. The zero-order chi connectivity index (χ0) is 16.4. The van der Waals surface area contributed by atoms with Gasteiger partial charge in [-0.1, -0.05) is 0 Å². The van der Waals surface area contributed by atoms with Crippen molar-refractivity contribution >= 4 is 5.95 Å². The van der Waals surface area contributed by atoms with E-state index in [0.29, 0.717) is 12.6 Å². The second kappa shape index (κ2) is 6.32. The second-order valence-corrected chi connectivity index (χ2v) is 6.55. The Kier molecular flexibility index (Phi) is 4.02. The van der Waals surface area contributed by atoms with Crippen molar-refractivity contribution < 1.29 is 9.47 Å². The van der Waals surface area contributed by atoms with E-state index in [1.54, 1.807) is 18.5 Å². The Morgan fingerprint density at radius 2 is 2.00 bits per heavy atom. The van der Waals surface area contributed by atoms with Gasteiger partial charge < -0.3 is 14.4 Å². The van der Waals surface area contributed by atoms with Crippen molar-refractivity contribution in [2.45, 2.75) is 37.9 Å². The molecule has 7 nitrogen and oxygen atoms in total. The first-order valence-electron chi connectivity index (χ1n) is 8.34. The van der Waals surface area contributed by atoms with Crippen molar-refractivity contribution in [2.75, 3.05) is 24.6 Å². The van der Waals surface area contributed by atoms with Crippen LogP contribution in [0.15, 0.2) is 30.9 Å². The van der Waals surface area contributed by atoms with Gasteiger partial charge in [0.25, 0.3) is 0 Å². The molecule has 2 aromatic heterocycles. The van der Waals surface area contributed by atoms with E-state index in [1.165, 1.54) is 0 Å². The van der Waals surface area contributed by atoms with Gasteiger partial charge in [-0.2, -0.15) is 0 Å². The van der Waals surface area contributed by atoms with Gasteiger partial charge in [0.2, 0.25) is 5.95 Å². The molecule has 0 N–H and O–H groups in total. The number of anilines is 1. The summed E-state index contributed by atoms with van der Waals surface area (Å²) in [6.45, 7) is 4.32. The Hall–Kier alpha value is -2.28. The highest BCUT2D eigenvalue weighted by Crippen LogP contribution is 2.36. The number of ether oxygens (including phenoxy) is 2. The lowest BCUT2D eigenvalue weighted by molar-refractivity contribution is -0.00858. The quantitative estimate of drug-likeness (QED) is 0.851. The lowest BCUT2D eigenvalue weighted by Gasteiger charge is -2.39. The van der Waals surface area contributed by atoms with E-state index in [4.69, 9.17) is 9.47 Å². The third-order valence-electron chi connectivity index (χ3n) is 4.58. The van der Waals surface area contributed by atoms with Gasteiger partial charge in [-0.05, 0) is 31.4 Å². The summed E-state index contributed by atoms with van der Waals surface area (Å²) in [7, 11) is 0. The molecule has 2 aromatic rings. The first-order chi connectivity index (χ1) is 11.7. The molecule has 0 amide bonds. The Labute approximate surface area is 141 Å². The maximum Gasteiger partial charge on any atom is 0.316 e. The average molecular weight is 327 g/mol.